The molecule has 0 fully saturated rings. The summed E-state index contributed by atoms with van der Waals surface area (Å²) in [5.74, 6) is 1.28. The molecule has 5 heteroatoms. The normalized spacial score (nSPS) is 11.0. The molecule has 1 aromatic carbocycles. The third-order valence-electron chi connectivity index (χ3n) is 6.56. The lowest BCUT2D eigenvalue weighted by atomic mass is 10.1. The molecule has 0 saturated carbocycles. The van der Waals surface area contributed by atoms with Gasteiger partial charge in [0.25, 0.3) is 0 Å². The zero-order chi connectivity index (χ0) is 26.3. The molecular formula is C31H55NO4. The number of ether oxygens (including phenoxy) is 3. The average molecular weight is 506 g/mol. The van der Waals surface area contributed by atoms with E-state index < -0.39 is 5.91 Å². The van der Waals surface area contributed by atoms with E-state index in [0.29, 0.717) is 42.6 Å². The third-order valence-corrected chi connectivity index (χ3v) is 6.56. The van der Waals surface area contributed by atoms with Crippen LogP contribution in [0.25, 0.3) is 0 Å². The number of hydrogen-bond donors (Lipinski definition) is 1. The maximum atomic E-state index is 12.0. The number of nitrogens with two attached hydrogens (primary N) is 1. The molecule has 0 aliphatic carbocycles. The predicted molar refractivity (Wildman–Crippen MR) is 152 cm³/mol. The van der Waals surface area contributed by atoms with Crippen molar-refractivity contribution in [3.05, 3.63) is 17.7 Å². The van der Waals surface area contributed by atoms with Gasteiger partial charge >= 0.3 is 0 Å². The van der Waals surface area contributed by atoms with Crippen LogP contribution in [0.4, 0.5) is 0 Å². The summed E-state index contributed by atoms with van der Waals surface area (Å²) >= 11 is 0. The van der Waals surface area contributed by atoms with Crippen LogP contribution < -0.4 is 19.9 Å². The summed E-state index contributed by atoms with van der Waals surface area (Å²) in [7, 11) is 0. The summed E-state index contributed by atoms with van der Waals surface area (Å²) in [6.45, 7) is 8.50. The van der Waals surface area contributed by atoms with Crippen molar-refractivity contribution >= 4 is 5.91 Å². The Labute approximate surface area is 221 Å². The van der Waals surface area contributed by atoms with Gasteiger partial charge < -0.3 is 19.9 Å². The molecule has 0 aliphatic rings. The van der Waals surface area contributed by atoms with Crippen molar-refractivity contribution in [2.24, 2.45) is 5.73 Å². The van der Waals surface area contributed by atoms with Crippen molar-refractivity contribution in [1.82, 2.24) is 0 Å². The SMILES string of the molecule is CCCCCCCCOc1cc(C(N)=O)cc(OCCCCCCCC)c1OCCCCCCCC. The molecular weight excluding hydrogens is 450 g/mol. The molecule has 0 saturated heterocycles. The van der Waals surface area contributed by atoms with E-state index in [1.807, 2.05) is 0 Å². The Morgan fingerprint density at radius 3 is 1.25 bits per heavy atom. The van der Waals surface area contributed by atoms with Crippen LogP contribution in [0, 0.1) is 0 Å². The Bertz CT molecular complexity index is 638. The van der Waals surface area contributed by atoms with Gasteiger partial charge in [-0.2, -0.15) is 0 Å². The second kappa shape index (κ2) is 22.3. The number of carbonyl (C=O) groups is 1. The fourth-order valence-corrected chi connectivity index (χ4v) is 4.26. The van der Waals surface area contributed by atoms with Gasteiger partial charge in [-0.25, -0.2) is 0 Å². The van der Waals surface area contributed by atoms with Crippen LogP contribution in [0.2, 0.25) is 0 Å². The lowest BCUT2D eigenvalue weighted by Crippen LogP contribution is -2.13. The van der Waals surface area contributed by atoms with Crippen molar-refractivity contribution in [2.75, 3.05) is 19.8 Å². The quantitative estimate of drug-likeness (QED) is 0.135. The zero-order valence-electron chi connectivity index (χ0n) is 23.7. The molecule has 0 spiro atoms. The first kappa shape index (κ1) is 32.1. The number of rotatable bonds is 25. The standard InChI is InChI=1S/C31H55NO4/c1-4-7-10-13-16-19-22-34-28-25-27(31(32)33)26-29(35-23-20-17-14-11-8-5-2)30(28)36-24-21-18-15-12-9-6-3/h25-26H,4-24H2,1-3H3,(H2,32,33). The van der Waals surface area contributed by atoms with Crippen molar-refractivity contribution in [2.45, 2.75) is 136 Å². The monoisotopic (exact) mass is 505 g/mol. The highest BCUT2D eigenvalue weighted by molar-refractivity contribution is 5.94. The fraction of sp³-hybridized carbons (Fsp3) is 0.774. The van der Waals surface area contributed by atoms with Crippen LogP contribution in [-0.4, -0.2) is 25.7 Å². The molecule has 0 atom stereocenters. The molecule has 1 rings (SSSR count). The second-order valence-electron chi connectivity index (χ2n) is 10.0. The summed E-state index contributed by atoms with van der Waals surface area (Å²) in [6, 6.07) is 3.43. The van der Waals surface area contributed by atoms with Crippen LogP contribution in [0.5, 0.6) is 17.2 Å². The zero-order valence-corrected chi connectivity index (χ0v) is 23.7. The molecule has 5 nitrogen and oxygen atoms in total. The van der Waals surface area contributed by atoms with E-state index in [9.17, 15) is 4.79 Å². The summed E-state index contributed by atoms with van der Waals surface area (Å²) in [6.07, 6.45) is 21.5. The van der Waals surface area contributed by atoms with Crippen LogP contribution >= 0.6 is 0 Å². The lowest BCUT2D eigenvalue weighted by molar-refractivity contribution is 0.0999. The van der Waals surface area contributed by atoms with E-state index in [1.165, 1.54) is 77.0 Å². The van der Waals surface area contributed by atoms with Gasteiger partial charge in [0.1, 0.15) is 0 Å². The van der Waals surface area contributed by atoms with Crippen molar-refractivity contribution < 1.29 is 19.0 Å². The first-order chi connectivity index (χ1) is 17.6. The van der Waals surface area contributed by atoms with E-state index in [4.69, 9.17) is 19.9 Å². The van der Waals surface area contributed by atoms with E-state index >= 15 is 0 Å². The first-order valence-corrected chi connectivity index (χ1v) is 15.0. The van der Waals surface area contributed by atoms with Crippen molar-refractivity contribution in [3.63, 3.8) is 0 Å². The molecule has 36 heavy (non-hydrogen) atoms. The Morgan fingerprint density at radius 2 is 0.889 bits per heavy atom. The topological polar surface area (TPSA) is 70.8 Å². The van der Waals surface area contributed by atoms with Crippen LogP contribution in [0.15, 0.2) is 12.1 Å². The number of amides is 1. The number of unbranched alkanes of at least 4 members (excludes halogenated alkanes) is 15. The van der Waals surface area contributed by atoms with Crippen molar-refractivity contribution in [1.29, 1.82) is 0 Å². The van der Waals surface area contributed by atoms with E-state index in [2.05, 4.69) is 20.8 Å². The molecule has 2 N–H and O–H groups in total. The van der Waals surface area contributed by atoms with Gasteiger partial charge in [0.05, 0.1) is 19.8 Å². The number of carbonyl (C=O) groups excluding carboxylic acids is 1. The number of benzene rings is 1. The fourth-order valence-electron chi connectivity index (χ4n) is 4.26. The molecule has 0 radical (unpaired) electrons. The average Bonchev–Trinajstić information content (AvgIpc) is 2.87. The Hall–Kier alpha value is -1.91. The van der Waals surface area contributed by atoms with Crippen molar-refractivity contribution in [3.8, 4) is 17.2 Å². The van der Waals surface area contributed by atoms with Gasteiger partial charge in [-0.05, 0) is 31.4 Å². The summed E-state index contributed by atoms with van der Waals surface area (Å²) in [4.78, 5) is 12.0. The molecule has 208 valence electrons. The van der Waals surface area contributed by atoms with Crippen LogP contribution in [0.3, 0.4) is 0 Å². The highest BCUT2D eigenvalue weighted by Crippen LogP contribution is 2.39. The minimum absolute atomic E-state index is 0.401. The molecule has 0 aromatic heterocycles. The third kappa shape index (κ3) is 15.3. The maximum Gasteiger partial charge on any atom is 0.248 e. The predicted octanol–water partition coefficient (Wildman–Crippen LogP) is 9.00. The van der Waals surface area contributed by atoms with Gasteiger partial charge in [-0.15, -0.1) is 0 Å². The maximum absolute atomic E-state index is 12.0. The summed E-state index contributed by atoms with van der Waals surface area (Å²) < 4.78 is 18.5. The smallest absolute Gasteiger partial charge is 0.248 e. The van der Waals surface area contributed by atoms with Gasteiger partial charge in [-0.3, -0.25) is 4.79 Å². The molecule has 0 unspecified atom stereocenters. The van der Waals surface area contributed by atoms with E-state index in [-0.39, 0.29) is 0 Å². The molecule has 0 bridgehead atoms. The summed E-state index contributed by atoms with van der Waals surface area (Å²) in [5, 5.41) is 0. The highest BCUT2D eigenvalue weighted by atomic mass is 16.5. The molecule has 0 heterocycles. The minimum atomic E-state index is -0.480. The lowest BCUT2D eigenvalue weighted by Gasteiger charge is -2.18. The number of hydrogen-bond acceptors (Lipinski definition) is 4. The van der Waals surface area contributed by atoms with Gasteiger partial charge in [0, 0.05) is 5.56 Å². The van der Waals surface area contributed by atoms with E-state index in [0.717, 1.165) is 38.5 Å². The Balaban J connectivity index is 2.78. The Morgan fingerprint density at radius 1 is 0.556 bits per heavy atom. The number of primary amides is 1. The Kier molecular flexibility index (Phi) is 19.9. The highest BCUT2D eigenvalue weighted by Gasteiger charge is 2.18. The van der Waals surface area contributed by atoms with Gasteiger partial charge in [-0.1, -0.05) is 117 Å². The summed E-state index contributed by atoms with van der Waals surface area (Å²) in [5.41, 5.74) is 6.04. The van der Waals surface area contributed by atoms with E-state index in [1.54, 1.807) is 12.1 Å². The molecule has 1 amide bonds. The first-order valence-electron chi connectivity index (χ1n) is 15.0. The largest absolute Gasteiger partial charge is 0.490 e. The second-order valence-corrected chi connectivity index (χ2v) is 10.0. The van der Waals surface area contributed by atoms with Crippen LogP contribution in [0.1, 0.15) is 147 Å². The minimum Gasteiger partial charge on any atom is -0.490 e. The van der Waals surface area contributed by atoms with Crippen LogP contribution in [-0.2, 0) is 0 Å². The molecule has 1 aromatic rings. The van der Waals surface area contributed by atoms with Gasteiger partial charge in [0.15, 0.2) is 11.5 Å². The molecule has 0 aliphatic heterocycles. The van der Waals surface area contributed by atoms with Gasteiger partial charge in [0.2, 0.25) is 11.7 Å².